The summed E-state index contributed by atoms with van der Waals surface area (Å²) in [4.78, 5) is 6.94. The lowest BCUT2D eigenvalue weighted by molar-refractivity contribution is 0.211. The van der Waals surface area contributed by atoms with Crippen molar-refractivity contribution in [2.75, 3.05) is 0 Å². The molecule has 3 rings (SSSR count). The van der Waals surface area contributed by atoms with Crippen LogP contribution in [0.4, 0.5) is 0 Å². The summed E-state index contributed by atoms with van der Waals surface area (Å²) in [6.45, 7) is 0. The highest BCUT2D eigenvalue weighted by molar-refractivity contribution is 5.31. The van der Waals surface area contributed by atoms with E-state index in [0.29, 0.717) is 11.9 Å². The zero-order valence-corrected chi connectivity index (χ0v) is 9.34. The SMILES string of the molecule is OC(c1ccc(OC2CC2)cc1)c1ncc[nH]1. The lowest BCUT2D eigenvalue weighted by Crippen LogP contribution is -2.02. The number of aromatic nitrogens is 2. The van der Waals surface area contributed by atoms with Gasteiger partial charge in [0.2, 0.25) is 0 Å². The Labute approximate surface area is 99.3 Å². The summed E-state index contributed by atoms with van der Waals surface area (Å²) in [7, 11) is 0. The van der Waals surface area contributed by atoms with Crippen molar-refractivity contribution >= 4 is 0 Å². The maximum Gasteiger partial charge on any atom is 0.139 e. The first-order valence-corrected chi connectivity index (χ1v) is 5.77. The molecule has 1 heterocycles. The summed E-state index contributed by atoms with van der Waals surface area (Å²) in [6, 6.07) is 7.51. The molecule has 1 saturated carbocycles. The minimum Gasteiger partial charge on any atom is -0.490 e. The molecule has 1 unspecified atom stereocenters. The third-order valence-electron chi connectivity index (χ3n) is 2.80. The highest BCUT2D eigenvalue weighted by Gasteiger charge is 2.23. The second-order valence-corrected chi connectivity index (χ2v) is 4.26. The minimum atomic E-state index is -0.708. The fourth-order valence-electron chi connectivity index (χ4n) is 1.69. The topological polar surface area (TPSA) is 58.1 Å². The maximum absolute atomic E-state index is 10.0. The molecule has 0 saturated heterocycles. The minimum absolute atomic E-state index is 0.399. The van der Waals surface area contributed by atoms with Crippen LogP contribution in [0.5, 0.6) is 5.75 Å². The molecule has 1 fully saturated rings. The van der Waals surface area contributed by atoms with Crippen LogP contribution in [-0.4, -0.2) is 21.2 Å². The number of rotatable bonds is 4. The first-order valence-electron chi connectivity index (χ1n) is 5.77. The number of nitrogens with zero attached hydrogens (tertiary/aromatic N) is 1. The lowest BCUT2D eigenvalue weighted by Gasteiger charge is -2.09. The van der Waals surface area contributed by atoms with Crippen molar-refractivity contribution < 1.29 is 9.84 Å². The third-order valence-corrected chi connectivity index (χ3v) is 2.80. The molecule has 0 spiro atoms. The third kappa shape index (κ3) is 2.31. The number of hydrogen-bond donors (Lipinski definition) is 2. The molecule has 88 valence electrons. The van der Waals surface area contributed by atoms with Crippen molar-refractivity contribution in [3.8, 4) is 5.75 Å². The van der Waals surface area contributed by atoms with Gasteiger partial charge in [-0.3, -0.25) is 0 Å². The molecule has 4 nitrogen and oxygen atoms in total. The van der Waals surface area contributed by atoms with Crippen molar-refractivity contribution in [1.29, 1.82) is 0 Å². The largest absolute Gasteiger partial charge is 0.490 e. The van der Waals surface area contributed by atoms with E-state index in [-0.39, 0.29) is 0 Å². The summed E-state index contributed by atoms with van der Waals surface area (Å²) < 4.78 is 5.65. The first kappa shape index (κ1) is 10.4. The molecule has 0 amide bonds. The van der Waals surface area contributed by atoms with Crippen LogP contribution < -0.4 is 4.74 Å². The van der Waals surface area contributed by atoms with Crippen molar-refractivity contribution in [3.05, 3.63) is 48.0 Å². The van der Waals surface area contributed by atoms with Crippen LogP contribution in [0.3, 0.4) is 0 Å². The average Bonchev–Trinajstić information content (AvgIpc) is 3.00. The van der Waals surface area contributed by atoms with E-state index in [4.69, 9.17) is 4.74 Å². The fraction of sp³-hybridized carbons (Fsp3) is 0.308. The molecule has 1 atom stereocenters. The predicted octanol–water partition coefficient (Wildman–Crippen LogP) is 2.03. The summed E-state index contributed by atoms with van der Waals surface area (Å²) in [5.74, 6) is 1.42. The number of benzene rings is 1. The molecule has 2 N–H and O–H groups in total. The Balaban J connectivity index is 1.74. The molecule has 1 aromatic carbocycles. The maximum atomic E-state index is 10.0. The van der Waals surface area contributed by atoms with Gasteiger partial charge >= 0.3 is 0 Å². The molecule has 0 radical (unpaired) electrons. The number of imidazole rings is 1. The van der Waals surface area contributed by atoms with Gasteiger partial charge < -0.3 is 14.8 Å². The highest BCUT2D eigenvalue weighted by atomic mass is 16.5. The zero-order chi connectivity index (χ0) is 11.7. The standard InChI is InChI=1S/C13H14N2O2/c16-12(13-14-7-8-15-13)9-1-3-10(4-2-9)17-11-5-6-11/h1-4,7-8,11-12,16H,5-6H2,(H,14,15). The smallest absolute Gasteiger partial charge is 0.139 e. The molecule has 0 aliphatic heterocycles. The quantitative estimate of drug-likeness (QED) is 0.845. The van der Waals surface area contributed by atoms with E-state index < -0.39 is 6.10 Å². The fourth-order valence-corrected chi connectivity index (χ4v) is 1.69. The van der Waals surface area contributed by atoms with E-state index >= 15 is 0 Å². The van der Waals surface area contributed by atoms with Gasteiger partial charge in [0.15, 0.2) is 0 Å². The summed E-state index contributed by atoms with van der Waals surface area (Å²) in [5, 5.41) is 10.0. The van der Waals surface area contributed by atoms with Gasteiger partial charge in [0.25, 0.3) is 0 Å². The van der Waals surface area contributed by atoms with E-state index in [2.05, 4.69) is 9.97 Å². The van der Waals surface area contributed by atoms with Crippen LogP contribution in [0.1, 0.15) is 30.3 Å². The Bertz CT molecular complexity index is 475. The van der Waals surface area contributed by atoms with E-state index in [1.807, 2.05) is 24.3 Å². The Morgan fingerprint density at radius 3 is 2.65 bits per heavy atom. The highest BCUT2D eigenvalue weighted by Crippen LogP contribution is 2.28. The van der Waals surface area contributed by atoms with E-state index in [0.717, 1.165) is 24.2 Å². The second kappa shape index (κ2) is 4.22. The van der Waals surface area contributed by atoms with Gasteiger partial charge in [-0.15, -0.1) is 0 Å². The predicted molar refractivity (Wildman–Crippen MR) is 62.7 cm³/mol. The van der Waals surface area contributed by atoms with Crippen LogP contribution in [0.15, 0.2) is 36.7 Å². The van der Waals surface area contributed by atoms with Gasteiger partial charge in [0.05, 0.1) is 6.10 Å². The number of nitrogens with one attached hydrogen (secondary N) is 1. The molecule has 4 heteroatoms. The molecule has 2 aromatic rings. The average molecular weight is 230 g/mol. The Kier molecular flexibility index (Phi) is 2.57. The van der Waals surface area contributed by atoms with E-state index in [1.54, 1.807) is 12.4 Å². The van der Waals surface area contributed by atoms with Gasteiger partial charge in [-0.1, -0.05) is 12.1 Å². The van der Waals surface area contributed by atoms with Crippen molar-refractivity contribution in [2.24, 2.45) is 0 Å². The van der Waals surface area contributed by atoms with Gasteiger partial charge in [-0.05, 0) is 30.5 Å². The Morgan fingerprint density at radius 1 is 1.29 bits per heavy atom. The van der Waals surface area contributed by atoms with Crippen LogP contribution in [-0.2, 0) is 0 Å². The van der Waals surface area contributed by atoms with Crippen LogP contribution in [0.2, 0.25) is 0 Å². The number of aromatic amines is 1. The van der Waals surface area contributed by atoms with E-state index in [1.165, 1.54) is 0 Å². The van der Waals surface area contributed by atoms with Crippen LogP contribution in [0, 0.1) is 0 Å². The monoisotopic (exact) mass is 230 g/mol. The summed E-state index contributed by atoms with van der Waals surface area (Å²) in [5.41, 5.74) is 0.808. The summed E-state index contributed by atoms with van der Waals surface area (Å²) >= 11 is 0. The second-order valence-electron chi connectivity index (χ2n) is 4.26. The number of aliphatic hydroxyl groups excluding tert-OH is 1. The normalized spacial score (nSPS) is 16.8. The lowest BCUT2D eigenvalue weighted by atomic mass is 10.1. The number of aliphatic hydroxyl groups is 1. The van der Waals surface area contributed by atoms with Gasteiger partial charge in [0, 0.05) is 12.4 Å². The number of hydrogen-bond acceptors (Lipinski definition) is 3. The molecule has 17 heavy (non-hydrogen) atoms. The molecule has 1 aliphatic carbocycles. The Morgan fingerprint density at radius 2 is 2.06 bits per heavy atom. The van der Waals surface area contributed by atoms with Gasteiger partial charge in [0.1, 0.15) is 17.7 Å². The molecule has 0 bridgehead atoms. The summed E-state index contributed by atoms with van der Waals surface area (Å²) in [6.07, 6.45) is 5.32. The first-order chi connectivity index (χ1) is 8.33. The zero-order valence-electron chi connectivity index (χ0n) is 9.34. The van der Waals surface area contributed by atoms with Crippen LogP contribution >= 0.6 is 0 Å². The van der Waals surface area contributed by atoms with Crippen molar-refractivity contribution in [3.63, 3.8) is 0 Å². The molecular weight excluding hydrogens is 216 g/mol. The Hall–Kier alpha value is -1.81. The van der Waals surface area contributed by atoms with Crippen LogP contribution in [0.25, 0.3) is 0 Å². The molecular formula is C13H14N2O2. The molecule has 1 aliphatic rings. The number of ether oxygens (including phenoxy) is 1. The number of H-pyrrole nitrogens is 1. The van der Waals surface area contributed by atoms with Gasteiger partial charge in [-0.2, -0.15) is 0 Å². The van der Waals surface area contributed by atoms with Crippen molar-refractivity contribution in [2.45, 2.75) is 25.0 Å². The van der Waals surface area contributed by atoms with Gasteiger partial charge in [-0.25, -0.2) is 4.98 Å². The molecule has 1 aromatic heterocycles. The van der Waals surface area contributed by atoms with Crippen molar-refractivity contribution in [1.82, 2.24) is 9.97 Å². The van der Waals surface area contributed by atoms with E-state index in [9.17, 15) is 5.11 Å².